The molecule has 0 aromatic heterocycles. The van der Waals surface area contributed by atoms with Crippen LogP contribution in [0.15, 0.2) is 24.3 Å². The van der Waals surface area contributed by atoms with E-state index >= 15 is 0 Å². The summed E-state index contributed by atoms with van der Waals surface area (Å²) in [6.45, 7) is 1.97. The van der Waals surface area contributed by atoms with Crippen molar-refractivity contribution in [1.82, 2.24) is 0 Å². The second-order valence-corrected chi connectivity index (χ2v) is 2.60. The van der Waals surface area contributed by atoms with E-state index in [0.717, 1.165) is 10.5 Å². The van der Waals surface area contributed by atoms with E-state index in [1.54, 1.807) is 12.1 Å². The van der Waals surface area contributed by atoms with Crippen LogP contribution in [0.25, 0.3) is 0 Å². The summed E-state index contributed by atoms with van der Waals surface area (Å²) in [4.78, 5) is 11.8. The Morgan fingerprint density at radius 3 is 2.33 bits per heavy atom. The van der Waals surface area contributed by atoms with E-state index in [0.29, 0.717) is 5.69 Å². The molecule has 0 saturated heterocycles. The predicted octanol–water partition coefficient (Wildman–Crippen LogP) is 1.67. The normalized spacial score (nSPS) is 9.50. The minimum Gasteiger partial charge on any atom is -0.351 e. The molecule has 0 unspecified atom stereocenters. The number of anilines is 1. The fourth-order valence-corrected chi connectivity index (χ4v) is 0.852. The summed E-state index contributed by atoms with van der Waals surface area (Å²) in [6, 6.07) is 6.84. The van der Waals surface area contributed by atoms with Gasteiger partial charge in [0.15, 0.2) is 0 Å². The zero-order chi connectivity index (χ0) is 9.14. The Hall–Kier alpha value is -1.51. The minimum atomic E-state index is -0.557. The number of carbonyl (C=O) groups is 1. The molecule has 0 aliphatic heterocycles. The average Bonchev–Trinajstić information content (AvgIpc) is 2.04. The molecule has 2 amide bonds. The van der Waals surface area contributed by atoms with Crippen molar-refractivity contribution in [3.63, 3.8) is 0 Å². The summed E-state index contributed by atoms with van der Waals surface area (Å²) < 4.78 is 0. The van der Waals surface area contributed by atoms with E-state index in [1.165, 1.54) is 0 Å². The Labute approximate surface area is 71.8 Å². The molecule has 12 heavy (non-hydrogen) atoms. The SMILES string of the molecule is [CH2]N(C(N)=O)c1ccc(C)cc1. The van der Waals surface area contributed by atoms with Crippen molar-refractivity contribution in [3.05, 3.63) is 36.9 Å². The number of nitrogens with two attached hydrogens (primary N) is 1. The largest absolute Gasteiger partial charge is 0.351 e. The molecule has 0 spiro atoms. The molecule has 0 aliphatic rings. The Bertz CT molecular complexity index is 279. The molecule has 0 fully saturated rings. The molecule has 3 nitrogen and oxygen atoms in total. The van der Waals surface area contributed by atoms with Crippen molar-refractivity contribution in [2.45, 2.75) is 6.92 Å². The van der Waals surface area contributed by atoms with Crippen LogP contribution < -0.4 is 10.6 Å². The van der Waals surface area contributed by atoms with Gasteiger partial charge in [0.1, 0.15) is 0 Å². The average molecular weight is 163 g/mol. The number of aryl methyl sites for hydroxylation is 1. The highest BCUT2D eigenvalue weighted by atomic mass is 16.2. The van der Waals surface area contributed by atoms with Gasteiger partial charge in [-0.3, -0.25) is 4.90 Å². The van der Waals surface area contributed by atoms with Crippen molar-refractivity contribution in [3.8, 4) is 0 Å². The Morgan fingerprint density at radius 1 is 1.42 bits per heavy atom. The first kappa shape index (κ1) is 8.59. The van der Waals surface area contributed by atoms with Gasteiger partial charge in [0.25, 0.3) is 0 Å². The molecule has 0 heterocycles. The van der Waals surface area contributed by atoms with Crippen LogP contribution in [0.5, 0.6) is 0 Å². The smallest absolute Gasteiger partial charge is 0.319 e. The fraction of sp³-hybridized carbons (Fsp3) is 0.111. The molecule has 1 rings (SSSR count). The van der Waals surface area contributed by atoms with E-state index < -0.39 is 6.03 Å². The summed E-state index contributed by atoms with van der Waals surface area (Å²) >= 11 is 0. The molecule has 63 valence electrons. The van der Waals surface area contributed by atoms with Crippen LogP contribution in [0.3, 0.4) is 0 Å². The number of hydrogen-bond acceptors (Lipinski definition) is 1. The van der Waals surface area contributed by atoms with Gasteiger partial charge in [0.2, 0.25) is 0 Å². The van der Waals surface area contributed by atoms with Crippen molar-refractivity contribution >= 4 is 11.7 Å². The van der Waals surface area contributed by atoms with Crippen molar-refractivity contribution < 1.29 is 4.79 Å². The molecule has 3 heteroatoms. The van der Waals surface area contributed by atoms with Gasteiger partial charge in [-0.25, -0.2) is 4.79 Å². The maximum absolute atomic E-state index is 10.7. The summed E-state index contributed by atoms with van der Waals surface area (Å²) in [7, 11) is 3.50. The monoisotopic (exact) mass is 163 g/mol. The van der Waals surface area contributed by atoms with Crippen LogP contribution >= 0.6 is 0 Å². The van der Waals surface area contributed by atoms with Crippen molar-refractivity contribution in [1.29, 1.82) is 0 Å². The lowest BCUT2D eigenvalue weighted by molar-refractivity contribution is 0.255. The highest BCUT2D eigenvalue weighted by Gasteiger charge is 2.04. The van der Waals surface area contributed by atoms with E-state index in [4.69, 9.17) is 5.73 Å². The van der Waals surface area contributed by atoms with Crippen LogP contribution in [-0.4, -0.2) is 6.03 Å². The van der Waals surface area contributed by atoms with Crippen molar-refractivity contribution in [2.24, 2.45) is 5.73 Å². The molecular weight excluding hydrogens is 152 g/mol. The number of rotatable bonds is 1. The van der Waals surface area contributed by atoms with Crippen LogP contribution in [0.2, 0.25) is 0 Å². The van der Waals surface area contributed by atoms with Crippen LogP contribution in [0, 0.1) is 14.0 Å². The number of hydrogen-bond donors (Lipinski definition) is 1. The first-order chi connectivity index (χ1) is 5.61. The van der Waals surface area contributed by atoms with Crippen molar-refractivity contribution in [2.75, 3.05) is 4.90 Å². The van der Waals surface area contributed by atoms with Gasteiger partial charge in [-0.15, -0.1) is 0 Å². The summed E-state index contributed by atoms with van der Waals surface area (Å²) in [5, 5.41) is 0. The molecule has 1 aromatic carbocycles. The number of urea groups is 1. The lowest BCUT2D eigenvalue weighted by atomic mass is 10.2. The number of primary amides is 1. The standard InChI is InChI=1S/C9H11N2O/c1-7-3-5-8(6-4-7)11(2)9(10)12/h3-6H,2H2,1H3,(H2,10,12). The maximum Gasteiger partial charge on any atom is 0.319 e. The zero-order valence-corrected chi connectivity index (χ0v) is 6.95. The third kappa shape index (κ3) is 1.75. The molecular formula is C9H11N2O. The number of carbonyl (C=O) groups excluding carboxylic acids is 1. The molecule has 2 N–H and O–H groups in total. The predicted molar refractivity (Wildman–Crippen MR) is 48.6 cm³/mol. The lowest BCUT2D eigenvalue weighted by Gasteiger charge is -2.13. The second kappa shape index (κ2) is 3.26. The van der Waals surface area contributed by atoms with Gasteiger partial charge in [-0.1, -0.05) is 17.7 Å². The van der Waals surface area contributed by atoms with Gasteiger partial charge in [0.05, 0.1) is 0 Å². The minimum absolute atomic E-state index is 0.557. The van der Waals surface area contributed by atoms with Gasteiger partial charge in [0, 0.05) is 12.7 Å². The molecule has 1 radical (unpaired) electrons. The summed E-state index contributed by atoms with van der Waals surface area (Å²) in [6.07, 6.45) is 0. The van der Waals surface area contributed by atoms with E-state index in [2.05, 4.69) is 7.05 Å². The number of nitrogens with zero attached hydrogens (tertiary/aromatic N) is 1. The van der Waals surface area contributed by atoms with Gasteiger partial charge in [-0.2, -0.15) is 0 Å². The first-order valence-electron chi connectivity index (χ1n) is 3.58. The van der Waals surface area contributed by atoms with E-state index in [9.17, 15) is 4.79 Å². The molecule has 1 aromatic rings. The van der Waals surface area contributed by atoms with Gasteiger partial charge < -0.3 is 5.73 Å². The number of benzene rings is 1. The van der Waals surface area contributed by atoms with Gasteiger partial charge >= 0.3 is 6.03 Å². The molecule has 0 saturated carbocycles. The third-order valence-corrected chi connectivity index (χ3v) is 1.61. The summed E-state index contributed by atoms with van der Waals surface area (Å²) in [5.41, 5.74) is 6.87. The first-order valence-corrected chi connectivity index (χ1v) is 3.58. The van der Waals surface area contributed by atoms with Crippen LogP contribution in [0.1, 0.15) is 5.56 Å². The topological polar surface area (TPSA) is 46.3 Å². The molecule has 0 atom stereocenters. The Balaban J connectivity index is 2.89. The van der Waals surface area contributed by atoms with Gasteiger partial charge in [-0.05, 0) is 19.1 Å². The maximum atomic E-state index is 10.7. The number of amides is 2. The summed E-state index contributed by atoms with van der Waals surface area (Å²) in [5.74, 6) is 0. The Morgan fingerprint density at radius 2 is 1.92 bits per heavy atom. The molecule has 0 aliphatic carbocycles. The van der Waals surface area contributed by atoms with Crippen LogP contribution in [0.4, 0.5) is 10.5 Å². The Kier molecular flexibility index (Phi) is 2.33. The third-order valence-electron chi connectivity index (χ3n) is 1.61. The highest BCUT2D eigenvalue weighted by Crippen LogP contribution is 2.13. The van der Waals surface area contributed by atoms with Crippen LogP contribution in [-0.2, 0) is 0 Å². The highest BCUT2D eigenvalue weighted by molar-refractivity contribution is 5.90. The quantitative estimate of drug-likeness (QED) is 0.672. The molecule has 0 bridgehead atoms. The second-order valence-electron chi connectivity index (χ2n) is 2.60. The lowest BCUT2D eigenvalue weighted by Crippen LogP contribution is -2.29. The van der Waals surface area contributed by atoms with E-state index in [1.807, 2.05) is 19.1 Å². The zero-order valence-electron chi connectivity index (χ0n) is 6.95. The van der Waals surface area contributed by atoms with E-state index in [-0.39, 0.29) is 0 Å². The fourth-order valence-electron chi connectivity index (χ4n) is 0.852.